The van der Waals surface area contributed by atoms with Crippen LogP contribution in [-0.4, -0.2) is 12.5 Å². The van der Waals surface area contributed by atoms with Crippen molar-refractivity contribution in [2.45, 2.75) is 13.8 Å². The molecule has 0 aliphatic heterocycles. The highest BCUT2D eigenvalue weighted by molar-refractivity contribution is 9.10. The number of carbonyl (C=O) groups excluding carboxylic acids is 1. The Labute approximate surface area is 127 Å². The number of amides is 1. The molecule has 2 rings (SSSR count). The lowest BCUT2D eigenvalue weighted by atomic mass is 10.2. The number of carbonyl (C=O) groups is 1. The van der Waals surface area contributed by atoms with Gasteiger partial charge in [0.1, 0.15) is 0 Å². The molecule has 0 saturated carbocycles. The maximum atomic E-state index is 11.9. The monoisotopic (exact) mass is 332 g/mol. The van der Waals surface area contributed by atoms with E-state index in [-0.39, 0.29) is 12.5 Å². The molecular formula is C16H17BrN2O. The highest BCUT2D eigenvalue weighted by Crippen LogP contribution is 2.23. The topological polar surface area (TPSA) is 41.1 Å². The first-order valence-electron chi connectivity index (χ1n) is 6.42. The molecule has 20 heavy (non-hydrogen) atoms. The van der Waals surface area contributed by atoms with Gasteiger partial charge in [-0.2, -0.15) is 0 Å². The Morgan fingerprint density at radius 1 is 1.10 bits per heavy atom. The summed E-state index contributed by atoms with van der Waals surface area (Å²) in [6.07, 6.45) is 0. The van der Waals surface area contributed by atoms with Crippen LogP contribution in [0.2, 0.25) is 0 Å². The lowest BCUT2D eigenvalue weighted by Crippen LogP contribution is -2.22. The van der Waals surface area contributed by atoms with E-state index in [1.54, 1.807) is 0 Å². The molecule has 0 radical (unpaired) electrons. The van der Waals surface area contributed by atoms with Crippen molar-refractivity contribution in [1.82, 2.24) is 0 Å². The van der Waals surface area contributed by atoms with Crippen LogP contribution < -0.4 is 10.6 Å². The first-order valence-corrected chi connectivity index (χ1v) is 7.21. The predicted molar refractivity (Wildman–Crippen MR) is 87.2 cm³/mol. The number of hydrogen-bond donors (Lipinski definition) is 2. The van der Waals surface area contributed by atoms with Crippen LogP contribution in [0.25, 0.3) is 0 Å². The second-order valence-corrected chi connectivity index (χ2v) is 5.55. The molecule has 2 aromatic rings. The molecule has 3 nitrogen and oxygen atoms in total. The fraction of sp³-hybridized carbons (Fsp3) is 0.188. The summed E-state index contributed by atoms with van der Waals surface area (Å²) >= 11 is 3.46. The number of para-hydroxylation sites is 1. The number of rotatable bonds is 4. The quantitative estimate of drug-likeness (QED) is 0.884. The highest BCUT2D eigenvalue weighted by Gasteiger charge is 2.05. The lowest BCUT2D eigenvalue weighted by Gasteiger charge is -2.11. The molecule has 0 atom stereocenters. The van der Waals surface area contributed by atoms with E-state index in [0.717, 1.165) is 27.0 Å². The number of nitrogens with one attached hydrogen (secondary N) is 2. The van der Waals surface area contributed by atoms with Crippen molar-refractivity contribution < 1.29 is 4.79 Å². The Bertz CT molecular complexity index is 626. The zero-order valence-electron chi connectivity index (χ0n) is 11.5. The van der Waals surface area contributed by atoms with Crippen molar-refractivity contribution in [1.29, 1.82) is 0 Å². The third kappa shape index (κ3) is 3.84. The Hall–Kier alpha value is -1.81. The van der Waals surface area contributed by atoms with Gasteiger partial charge in [-0.15, -0.1) is 0 Å². The summed E-state index contributed by atoms with van der Waals surface area (Å²) in [7, 11) is 0. The maximum Gasteiger partial charge on any atom is 0.243 e. The van der Waals surface area contributed by atoms with Gasteiger partial charge in [0.15, 0.2) is 0 Å². The first kappa shape index (κ1) is 14.6. The van der Waals surface area contributed by atoms with E-state index in [1.165, 1.54) is 0 Å². The van der Waals surface area contributed by atoms with E-state index < -0.39 is 0 Å². The van der Waals surface area contributed by atoms with Gasteiger partial charge >= 0.3 is 0 Å². The van der Waals surface area contributed by atoms with Crippen molar-refractivity contribution in [3.63, 3.8) is 0 Å². The van der Waals surface area contributed by atoms with Crippen LogP contribution in [0.4, 0.5) is 11.4 Å². The Kier molecular flexibility index (Phi) is 4.79. The maximum absolute atomic E-state index is 11.9. The molecule has 1 amide bonds. The van der Waals surface area contributed by atoms with E-state index in [1.807, 2.05) is 56.3 Å². The van der Waals surface area contributed by atoms with Crippen LogP contribution in [0.15, 0.2) is 46.9 Å². The smallest absolute Gasteiger partial charge is 0.243 e. The molecule has 0 spiro atoms. The normalized spacial score (nSPS) is 10.2. The van der Waals surface area contributed by atoms with Gasteiger partial charge in [-0.25, -0.2) is 0 Å². The molecule has 0 aromatic heterocycles. The molecule has 0 fully saturated rings. The summed E-state index contributed by atoms with van der Waals surface area (Å²) in [5.74, 6) is -0.0623. The van der Waals surface area contributed by atoms with E-state index in [9.17, 15) is 4.79 Å². The molecule has 4 heteroatoms. The van der Waals surface area contributed by atoms with Crippen molar-refractivity contribution in [2.24, 2.45) is 0 Å². The molecule has 0 heterocycles. The lowest BCUT2D eigenvalue weighted by molar-refractivity contribution is -0.114. The molecule has 0 unspecified atom stereocenters. The van der Waals surface area contributed by atoms with Crippen molar-refractivity contribution >= 4 is 33.2 Å². The van der Waals surface area contributed by atoms with Gasteiger partial charge in [-0.1, -0.05) is 24.3 Å². The van der Waals surface area contributed by atoms with Gasteiger partial charge in [0, 0.05) is 15.8 Å². The number of aryl methyl sites for hydroxylation is 2. The molecule has 0 bridgehead atoms. The van der Waals surface area contributed by atoms with Gasteiger partial charge in [0.2, 0.25) is 5.91 Å². The zero-order chi connectivity index (χ0) is 14.5. The SMILES string of the molecule is Cc1ccc(Br)c(NCC(=O)Nc2ccccc2C)c1. The Balaban J connectivity index is 1.96. The summed E-state index contributed by atoms with van der Waals surface area (Å²) in [6.45, 7) is 4.22. The van der Waals surface area contributed by atoms with Gasteiger partial charge in [0.05, 0.1) is 6.54 Å². The number of benzene rings is 2. The fourth-order valence-corrected chi connectivity index (χ4v) is 2.24. The Morgan fingerprint density at radius 2 is 1.85 bits per heavy atom. The minimum absolute atomic E-state index is 0.0623. The minimum atomic E-state index is -0.0623. The summed E-state index contributed by atoms with van der Waals surface area (Å²) in [5, 5.41) is 6.03. The third-order valence-electron chi connectivity index (χ3n) is 2.98. The van der Waals surface area contributed by atoms with Gasteiger partial charge in [-0.3, -0.25) is 4.79 Å². The molecule has 0 saturated heterocycles. The summed E-state index contributed by atoms with van der Waals surface area (Å²) in [4.78, 5) is 11.9. The van der Waals surface area contributed by atoms with E-state index in [4.69, 9.17) is 0 Å². The molecule has 0 aliphatic rings. The van der Waals surface area contributed by atoms with Crippen molar-refractivity contribution in [3.8, 4) is 0 Å². The molecular weight excluding hydrogens is 316 g/mol. The summed E-state index contributed by atoms with van der Waals surface area (Å²) in [5.41, 5.74) is 3.97. The van der Waals surface area contributed by atoms with Crippen molar-refractivity contribution in [2.75, 3.05) is 17.2 Å². The zero-order valence-corrected chi connectivity index (χ0v) is 13.1. The van der Waals surface area contributed by atoms with Crippen LogP contribution in [0.3, 0.4) is 0 Å². The van der Waals surface area contributed by atoms with Crippen LogP contribution in [0.5, 0.6) is 0 Å². The first-order chi connectivity index (χ1) is 9.56. The number of hydrogen-bond acceptors (Lipinski definition) is 2. The van der Waals surface area contributed by atoms with Crippen LogP contribution in [0, 0.1) is 13.8 Å². The van der Waals surface area contributed by atoms with E-state index >= 15 is 0 Å². The van der Waals surface area contributed by atoms with Crippen LogP contribution in [0.1, 0.15) is 11.1 Å². The Morgan fingerprint density at radius 3 is 2.60 bits per heavy atom. The second kappa shape index (κ2) is 6.57. The van der Waals surface area contributed by atoms with Gasteiger partial charge in [0.25, 0.3) is 0 Å². The van der Waals surface area contributed by atoms with E-state index in [0.29, 0.717) is 0 Å². The van der Waals surface area contributed by atoms with E-state index in [2.05, 4.69) is 26.6 Å². The largest absolute Gasteiger partial charge is 0.375 e. The van der Waals surface area contributed by atoms with Gasteiger partial charge in [-0.05, 0) is 59.1 Å². The minimum Gasteiger partial charge on any atom is -0.375 e. The van der Waals surface area contributed by atoms with Crippen LogP contribution >= 0.6 is 15.9 Å². The summed E-state index contributed by atoms with van der Waals surface area (Å²) < 4.78 is 0.951. The predicted octanol–water partition coefficient (Wildman–Crippen LogP) is 4.12. The fourth-order valence-electron chi connectivity index (χ4n) is 1.86. The molecule has 2 N–H and O–H groups in total. The van der Waals surface area contributed by atoms with Gasteiger partial charge < -0.3 is 10.6 Å². The molecule has 0 aliphatic carbocycles. The second-order valence-electron chi connectivity index (χ2n) is 4.70. The summed E-state index contributed by atoms with van der Waals surface area (Å²) in [6, 6.07) is 13.7. The molecule has 104 valence electrons. The number of anilines is 2. The standard InChI is InChI=1S/C16H17BrN2O/c1-11-7-8-13(17)15(9-11)18-10-16(20)19-14-6-4-3-5-12(14)2/h3-9,18H,10H2,1-2H3,(H,19,20). The third-order valence-corrected chi connectivity index (χ3v) is 3.67. The average Bonchev–Trinajstić information content (AvgIpc) is 2.42. The van der Waals surface area contributed by atoms with Crippen molar-refractivity contribution in [3.05, 3.63) is 58.1 Å². The van der Waals surface area contributed by atoms with Crippen LogP contribution in [-0.2, 0) is 4.79 Å². The highest BCUT2D eigenvalue weighted by atomic mass is 79.9. The number of halogens is 1. The molecule has 2 aromatic carbocycles. The average molecular weight is 333 g/mol.